The Morgan fingerprint density at radius 2 is 1.64 bits per heavy atom. The van der Waals surface area contributed by atoms with Crippen molar-refractivity contribution in [2.75, 3.05) is 39.4 Å². The molecule has 6 rings (SSSR count). The molecule has 2 fully saturated rings. The van der Waals surface area contributed by atoms with Crippen molar-refractivity contribution in [1.29, 1.82) is 5.41 Å². The minimum Gasteiger partial charge on any atom is -0.465 e. The number of carbonyl (C=O) groups excluding carboxylic acids is 5. The zero-order valence-corrected chi connectivity index (χ0v) is 39.3. The van der Waals surface area contributed by atoms with Crippen LogP contribution in [0.4, 0.5) is 18.4 Å². The molecule has 0 bridgehead atoms. The number of rotatable bonds is 19. The molecule has 1 saturated carbocycles. The molecule has 10 N–H and O–H groups in total. The number of ether oxygens (including phenoxy) is 2. The molecule has 2 aliphatic carbocycles. The van der Waals surface area contributed by atoms with Crippen LogP contribution in [-0.4, -0.2) is 158 Å². The molecular weight excluding hydrogens is 929 g/mol. The maximum atomic E-state index is 15.2. The maximum absolute atomic E-state index is 15.2. The number of nitrogens with zero attached hydrogens (tertiary/aromatic N) is 2. The molecule has 2 heterocycles. The highest BCUT2D eigenvalue weighted by atomic mass is 32.1. The molecule has 20 nitrogen and oxygen atoms in total. The van der Waals surface area contributed by atoms with Gasteiger partial charge in [0, 0.05) is 50.5 Å². The number of alkyl carbamates (subject to hydrolysis) is 1. The van der Waals surface area contributed by atoms with Crippen LogP contribution in [0.2, 0.25) is 0 Å². The number of likely N-dealkylation sites (tertiary alicyclic amines) is 1. The van der Waals surface area contributed by atoms with E-state index < -0.39 is 115 Å². The lowest BCUT2D eigenvalue weighted by molar-refractivity contribution is -0.139. The molecule has 0 spiro atoms. The van der Waals surface area contributed by atoms with Crippen LogP contribution in [0, 0.1) is 10.8 Å². The van der Waals surface area contributed by atoms with Crippen LogP contribution in [0.15, 0.2) is 53.9 Å². The van der Waals surface area contributed by atoms with Crippen LogP contribution in [0.1, 0.15) is 85.4 Å². The first kappa shape index (κ1) is 52.3. The summed E-state index contributed by atoms with van der Waals surface area (Å²) in [6.45, 7) is 5.79. The monoisotopic (exact) mass is 985 g/mol. The number of hydrogen-bond acceptors (Lipinski definition) is 14. The summed E-state index contributed by atoms with van der Waals surface area (Å²) < 4.78 is 41.5. The van der Waals surface area contributed by atoms with Gasteiger partial charge in [0.25, 0.3) is 11.8 Å². The van der Waals surface area contributed by atoms with Crippen LogP contribution in [-0.2, 0) is 29.8 Å². The van der Waals surface area contributed by atoms with Gasteiger partial charge in [-0.15, -0.1) is 11.3 Å². The van der Waals surface area contributed by atoms with Crippen molar-refractivity contribution in [3.8, 4) is 11.1 Å². The van der Waals surface area contributed by atoms with Gasteiger partial charge in [-0.2, -0.15) is 8.78 Å². The van der Waals surface area contributed by atoms with E-state index in [1.807, 2.05) is 0 Å². The quantitative estimate of drug-likeness (QED) is 0.0469. The van der Waals surface area contributed by atoms with E-state index in [0.29, 0.717) is 21.8 Å². The minimum absolute atomic E-state index is 0.0439. The molecule has 3 aliphatic rings. The van der Waals surface area contributed by atoms with Crippen molar-refractivity contribution < 1.29 is 72.6 Å². The Morgan fingerprint density at radius 3 is 2.32 bits per heavy atom. The Labute approximate surface area is 399 Å². The molecule has 5 unspecified atom stereocenters. The van der Waals surface area contributed by atoms with Crippen molar-refractivity contribution in [2.45, 2.75) is 102 Å². The minimum atomic E-state index is -3.25. The third-order valence-corrected chi connectivity index (χ3v) is 13.2. The molecule has 6 amide bonds. The Balaban J connectivity index is 1.08. The summed E-state index contributed by atoms with van der Waals surface area (Å²) >= 11 is 1.23. The number of carboxylic acid groups (broad SMARTS) is 1. The molecular formula is C46H57F2N7O13S. The highest BCUT2D eigenvalue weighted by molar-refractivity contribution is 7.10. The van der Waals surface area contributed by atoms with Crippen molar-refractivity contribution in [3.05, 3.63) is 81.0 Å². The molecule has 23 heteroatoms. The lowest BCUT2D eigenvalue weighted by atomic mass is 10.00. The van der Waals surface area contributed by atoms with E-state index in [1.54, 1.807) is 51.3 Å². The van der Waals surface area contributed by atoms with Crippen LogP contribution >= 0.6 is 11.3 Å². The van der Waals surface area contributed by atoms with E-state index in [2.05, 4.69) is 21.3 Å². The lowest BCUT2D eigenvalue weighted by Crippen LogP contribution is -2.51. The second kappa shape index (κ2) is 20.9. The summed E-state index contributed by atoms with van der Waals surface area (Å²) in [5, 5.41) is 69.4. The van der Waals surface area contributed by atoms with Crippen molar-refractivity contribution in [2.24, 2.45) is 5.41 Å². The van der Waals surface area contributed by atoms with Gasteiger partial charge < -0.3 is 55.9 Å². The van der Waals surface area contributed by atoms with Gasteiger partial charge in [0.1, 0.15) is 42.3 Å². The summed E-state index contributed by atoms with van der Waals surface area (Å²) in [6.07, 6.45) is -8.73. The fourth-order valence-electron chi connectivity index (χ4n) is 8.48. The zero-order valence-electron chi connectivity index (χ0n) is 38.5. The number of hydrogen-bond donors (Lipinski definition) is 10. The molecule has 0 radical (unpaired) electrons. The molecule has 1 aromatic heterocycles. The molecule has 69 heavy (non-hydrogen) atoms. The van der Waals surface area contributed by atoms with Gasteiger partial charge in [-0.3, -0.25) is 34.8 Å². The number of alkyl halides is 2. The Bertz CT molecular complexity index is 2470. The lowest BCUT2D eigenvalue weighted by Gasteiger charge is -2.28. The fourth-order valence-corrected chi connectivity index (χ4v) is 9.39. The highest BCUT2D eigenvalue weighted by Crippen LogP contribution is 2.60. The second-order valence-electron chi connectivity index (χ2n) is 18.5. The van der Waals surface area contributed by atoms with Gasteiger partial charge in [-0.05, 0) is 76.8 Å². The number of fused-ring (bicyclic) bond motifs is 4. The first-order valence-electron chi connectivity index (χ1n) is 22.1. The van der Waals surface area contributed by atoms with Gasteiger partial charge in [0.05, 0.1) is 38.4 Å². The largest absolute Gasteiger partial charge is 0.465 e. The molecule has 1 saturated heterocycles. The van der Waals surface area contributed by atoms with E-state index in [4.69, 9.17) is 14.9 Å². The summed E-state index contributed by atoms with van der Waals surface area (Å²) in [5.41, 5.74) is -1.00. The molecule has 8 atom stereocenters. The van der Waals surface area contributed by atoms with E-state index in [-0.39, 0.29) is 59.8 Å². The second-order valence-corrected chi connectivity index (χ2v) is 19.4. The highest BCUT2D eigenvalue weighted by Gasteiger charge is 2.67. The number of amides is 6. The van der Waals surface area contributed by atoms with Crippen LogP contribution in [0.25, 0.3) is 11.1 Å². The average Bonchev–Trinajstić information content (AvgIpc) is 3.53. The summed E-state index contributed by atoms with van der Waals surface area (Å²) in [5.74, 6) is -6.05. The zero-order chi connectivity index (χ0) is 50.7. The Morgan fingerprint density at radius 1 is 0.942 bits per heavy atom. The van der Waals surface area contributed by atoms with Crippen molar-refractivity contribution >= 4 is 53.0 Å². The van der Waals surface area contributed by atoms with Gasteiger partial charge in [0.15, 0.2) is 0 Å². The maximum Gasteiger partial charge on any atom is 0.413 e. The summed E-state index contributed by atoms with van der Waals surface area (Å²) in [4.78, 5) is 80.8. The van der Waals surface area contributed by atoms with E-state index in [1.165, 1.54) is 46.6 Å². The molecule has 374 valence electrons. The molecule has 2 aromatic carbocycles. The van der Waals surface area contributed by atoms with Gasteiger partial charge in [0.2, 0.25) is 17.7 Å². The van der Waals surface area contributed by atoms with Crippen molar-refractivity contribution in [3.63, 3.8) is 0 Å². The predicted molar refractivity (Wildman–Crippen MR) is 243 cm³/mol. The third kappa shape index (κ3) is 12.0. The van der Waals surface area contributed by atoms with E-state index in [9.17, 15) is 54.3 Å². The average molecular weight is 986 g/mol. The van der Waals surface area contributed by atoms with Gasteiger partial charge in [-0.1, -0.05) is 30.3 Å². The number of amidine groups is 1. The fraction of sp³-hybridized carbons (Fsp3) is 0.500. The number of thiophene rings is 1. The Hall–Kier alpha value is -6.11. The van der Waals surface area contributed by atoms with Crippen LogP contribution < -0.4 is 21.3 Å². The molecule has 3 aromatic rings. The first-order valence-corrected chi connectivity index (χ1v) is 23.0. The van der Waals surface area contributed by atoms with E-state index in [0.717, 1.165) is 6.92 Å². The normalized spacial score (nSPS) is 20.7. The predicted octanol–water partition coefficient (Wildman–Crippen LogP) is 2.26. The number of nitrogens with one attached hydrogen (secondary N) is 5. The Kier molecular flexibility index (Phi) is 15.8. The molecule has 1 aliphatic heterocycles. The number of halogens is 2. The summed E-state index contributed by atoms with van der Waals surface area (Å²) in [7, 11) is 0. The number of piperidine rings is 1. The number of benzene rings is 2. The van der Waals surface area contributed by atoms with Gasteiger partial charge in [-0.25, -0.2) is 9.59 Å². The third-order valence-electron chi connectivity index (χ3n) is 12.1. The van der Waals surface area contributed by atoms with Crippen LogP contribution in [0.3, 0.4) is 0 Å². The number of carbonyl (C=O) groups is 6. The van der Waals surface area contributed by atoms with E-state index >= 15 is 8.78 Å². The smallest absolute Gasteiger partial charge is 0.413 e. The SMILES string of the molecule is CC(NC(=O)[C@@H]1C[C@]2(COCCNC(=O)CN(CC(O)C(O)C(O)C(C)O)C(=O)O)C[C@@H]2N1C(=O)CNC(=O)c1ccc2c(c1)-c1ccccc1C2(F)F)c1cc(C(=N)NC(=O)OC(C)(C)C)cs1. The first-order chi connectivity index (χ1) is 32.3. The number of aliphatic hydroxyl groups excluding tert-OH is 4. The standard InChI is InChI=1S/C46H57F2N7O13S/c1-23(33-15-26(21-69-33)39(49)53-42(64)68-44(3,4)5)52-41(63)31-16-45(22-67-13-12-50-35(58)20-54(43(65)66)19-32(57)38(61)37(60)24(2)56)17-34(45)55(31)36(59)18-51-40(62)25-10-11-30-28(14-25)27-8-6-7-9-29(27)46(30,47)48/h6-11,14-15,21,23-24,31-32,34,37-38,56-57,60-61H,12-13,16-20,22H2,1-5H3,(H,50,58)(H,51,62)(H,52,63)(H,65,66)(H2,49,53,64)/t23?,24?,31-,32?,34-,37?,38?,45+/m0/s1. The van der Waals surface area contributed by atoms with Crippen LogP contribution in [0.5, 0.6) is 0 Å². The summed E-state index contributed by atoms with van der Waals surface area (Å²) in [6, 6.07) is 9.29. The topological polar surface area (TPSA) is 300 Å². The van der Waals surface area contributed by atoms with Gasteiger partial charge >= 0.3 is 12.2 Å². The van der Waals surface area contributed by atoms with Crippen molar-refractivity contribution in [1.82, 2.24) is 31.1 Å². The number of aliphatic hydroxyl groups is 4.